The van der Waals surface area contributed by atoms with Crippen LogP contribution in [0.4, 0.5) is 0 Å². The predicted molar refractivity (Wildman–Crippen MR) is 80.1 cm³/mol. The maximum atomic E-state index is 12.2. The lowest BCUT2D eigenvalue weighted by Gasteiger charge is -2.43. The number of nitrogens with zero attached hydrogens (tertiary/aromatic N) is 2. The molecule has 1 amide bonds. The van der Waals surface area contributed by atoms with Crippen molar-refractivity contribution in [2.75, 3.05) is 33.2 Å². The highest BCUT2D eigenvalue weighted by Crippen LogP contribution is 2.26. The Bertz CT molecular complexity index is 374. The second kappa shape index (κ2) is 7.22. The van der Waals surface area contributed by atoms with Crippen LogP contribution in [0.1, 0.15) is 32.6 Å². The van der Waals surface area contributed by atoms with E-state index in [-0.39, 0.29) is 24.4 Å². The largest absolute Gasteiger partial charge is 0.480 e. The Morgan fingerprint density at radius 2 is 1.90 bits per heavy atom. The van der Waals surface area contributed by atoms with Crippen molar-refractivity contribution >= 4 is 11.9 Å². The van der Waals surface area contributed by atoms with Gasteiger partial charge in [-0.3, -0.25) is 14.5 Å². The van der Waals surface area contributed by atoms with E-state index >= 15 is 0 Å². The maximum Gasteiger partial charge on any atom is 0.317 e. The van der Waals surface area contributed by atoms with Gasteiger partial charge in [-0.25, -0.2) is 0 Å². The van der Waals surface area contributed by atoms with Crippen LogP contribution in [-0.2, 0) is 9.59 Å². The zero-order chi connectivity index (χ0) is 15.4. The third-order valence-corrected chi connectivity index (χ3v) is 4.81. The van der Waals surface area contributed by atoms with E-state index in [9.17, 15) is 9.59 Å². The van der Waals surface area contributed by atoms with E-state index in [2.05, 4.69) is 17.3 Å². The first-order valence-corrected chi connectivity index (χ1v) is 7.94. The number of amides is 1. The number of hydrogen-bond acceptors (Lipinski definition) is 4. The molecule has 0 spiro atoms. The number of carbonyl (C=O) groups excluding carboxylic acids is 1. The van der Waals surface area contributed by atoms with Gasteiger partial charge in [0, 0.05) is 18.0 Å². The van der Waals surface area contributed by atoms with Crippen molar-refractivity contribution in [3.05, 3.63) is 0 Å². The van der Waals surface area contributed by atoms with Gasteiger partial charge in [-0.05, 0) is 52.4 Å². The van der Waals surface area contributed by atoms with Crippen molar-refractivity contribution in [3.63, 3.8) is 0 Å². The summed E-state index contributed by atoms with van der Waals surface area (Å²) in [7, 11) is 2.09. The van der Waals surface area contributed by atoms with Gasteiger partial charge in [-0.1, -0.05) is 6.92 Å². The van der Waals surface area contributed by atoms with Crippen molar-refractivity contribution < 1.29 is 14.7 Å². The van der Waals surface area contributed by atoms with Crippen LogP contribution in [0.5, 0.6) is 0 Å². The molecule has 2 rings (SSSR count). The van der Waals surface area contributed by atoms with Gasteiger partial charge < -0.3 is 15.3 Å². The summed E-state index contributed by atoms with van der Waals surface area (Å²) in [6, 6.07) is 0.527. The fourth-order valence-electron chi connectivity index (χ4n) is 3.27. The zero-order valence-corrected chi connectivity index (χ0v) is 13.0. The van der Waals surface area contributed by atoms with Crippen molar-refractivity contribution in [1.82, 2.24) is 15.1 Å². The number of piperidine rings is 1. The molecule has 21 heavy (non-hydrogen) atoms. The van der Waals surface area contributed by atoms with Gasteiger partial charge in [-0.2, -0.15) is 0 Å². The minimum Gasteiger partial charge on any atom is -0.480 e. The van der Waals surface area contributed by atoms with Gasteiger partial charge in [0.15, 0.2) is 0 Å². The van der Waals surface area contributed by atoms with Crippen molar-refractivity contribution in [1.29, 1.82) is 0 Å². The molecule has 0 bridgehead atoms. The van der Waals surface area contributed by atoms with Crippen molar-refractivity contribution in [2.24, 2.45) is 5.92 Å². The van der Waals surface area contributed by atoms with Crippen LogP contribution in [0.3, 0.4) is 0 Å². The van der Waals surface area contributed by atoms with Crippen molar-refractivity contribution in [2.45, 2.75) is 44.7 Å². The molecule has 6 nitrogen and oxygen atoms in total. The van der Waals surface area contributed by atoms with Gasteiger partial charge in [-0.15, -0.1) is 0 Å². The Balaban J connectivity index is 1.70. The monoisotopic (exact) mass is 297 g/mol. The quantitative estimate of drug-likeness (QED) is 0.741. The highest BCUT2D eigenvalue weighted by Gasteiger charge is 2.36. The molecule has 0 aromatic carbocycles. The third kappa shape index (κ3) is 4.41. The standard InChI is InChI=1S/C15H27N3O3/c1-3-18(10-14(19)20)13-8-12(9-13)16-15(21)11-4-6-17(2)7-5-11/h11-13H,3-10H2,1-2H3,(H,16,21)(H,19,20). The first kappa shape index (κ1) is 16.2. The van der Waals surface area contributed by atoms with E-state index < -0.39 is 5.97 Å². The van der Waals surface area contributed by atoms with Gasteiger partial charge in [0.25, 0.3) is 0 Å². The highest BCUT2D eigenvalue weighted by atomic mass is 16.4. The molecular formula is C15H27N3O3. The van der Waals surface area contributed by atoms with Gasteiger partial charge in [0.05, 0.1) is 6.54 Å². The van der Waals surface area contributed by atoms with Gasteiger partial charge >= 0.3 is 5.97 Å². The summed E-state index contributed by atoms with van der Waals surface area (Å²) < 4.78 is 0. The minimum absolute atomic E-state index is 0.0940. The molecule has 0 aromatic heterocycles. The van der Waals surface area contributed by atoms with E-state index in [1.807, 2.05) is 11.8 Å². The van der Waals surface area contributed by atoms with Crippen LogP contribution >= 0.6 is 0 Å². The number of aliphatic carboxylic acids is 1. The van der Waals surface area contributed by atoms with E-state index in [4.69, 9.17) is 5.11 Å². The number of nitrogens with one attached hydrogen (secondary N) is 1. The summed E-state index contributed by atoms with van der Waals surface area (Å²) in [5.41, 5.74) is 0. The summed E-state index contributed by atoms with van der Waals surface area (Å²) >= 11 is 0. The summed E-state index contributed by atoms with van der Waals surface area (Å²) in [6.07, 6.45) is 3.64. The summed E-state index contributed by atoms with van der Waals surface area (Å²) in [4.78, 5) is 27.2. The Hall–Kier alpha value is -1.14. The molecule has 0 unspecified atom stereocenters. The summed E-state index contributed by atoms with van der Waals surface area (Å²) in [6.45, 7) is 4.80. The van der Waals surface area contributed by atoms with Gasteiger partial charge in [0.2, 0.25) is 5.91 Å². The second-order valence-corrected chi connectivity index (χ2v) is 6.37. The SMILES string of the molecule is CCN(CC(=O)O)C1CC(NC(=O)C2CCN(C)CC2)C1. The zero-order valence-electron chi connectivity index (χ0n) is 13.0. The lowest BCUT2D eigenvalue weighted by atomic mass is 9.84. The molecule has 2 aliphatic rings. The van der Waals surface area contributed by atoms with E-state index in [1.165, 1.54) is 0 Å². The van der Waals surface area contributed by atoms with Crippen LogP contribution in [0.2, 0.25) is 0 Å². The van der Waals surface area contributed by atoms with Gasteiger partial charge in [0.1, 0.15) is 0 Å². The Kier molecular flexibility index (Phi) is 5.58. The number of likely N-dealkylation sites (tertiary alicyclic amines) is 1. The second-order valence-electron chi connectivity index (χ2n) is 6.37. The molecule has 1 saturated carbocycles. The highest BCUT2D eigenvalue weighted by molar-refractivity contribution is 5.79. The Labute approximate surface area is 126 Å². The Morgan fingerprint density at radius 1 is 1.29 bits per heavy atom. The molecule has 2 N–H and O–H groups in total. The molecule has 1 aliphatic carbocycles. The molecular weight excluding hydrogens is 270 g/mol. The lowest BCUT2D eigenvalue weighted by Crippen LogP contribution is -2.56. The maximum absolute atomic E-state index is 12.2. The number of carboxylic acid groups (broad SMARTS) is 1. The smallest absolute Gasteiger partial charge is 0.317 e. The van der Waals surface area contributed by atoms with Crippen molar-refractivity contribution in [3.8, 4) is 0 Å². The summed E-state index contributed by atoms with van der Waals surface area (Å²) in [5.74, 6) is -0.440. The molecule has 6 heteroatoms. The molecule has 1 saturated heterocycles. The van der Waals surface area contributed by atoms with Crippen LogP contribution in [-0.4, -0.2) is 72.1 Å². The molecule has 0 aromatic rings. The van der Waals surface area contributed by atoms with E-state index in [0.29, 0.717) is 6.04 Å². The number of rotatable bonds is 6. The normalized spacial score (nSPS) is 27.4. The van der Waals surface area contributed by atoms with Crippen LogP contribution in [0.15, 0.2) is 0 Å². The van der Waals surface area contributed by atoms with E-state index in [0.717, 1.165) is 45.3 Å². The molecule has 0 atom stereocenters. The Morgan fingerprint density at radius 3 is 2.43 bits per heavy atom. The average molecular weight is 297 g/mol. The molecule has 1 aliphatic heterocycles. The fraction of sp³-hybridized carbons (Fsp3) is 0.867. The predicted octanol–water partition coefficient (Wildman–Crippen LogP) is 0.382. The van der Waals surface area contributed by atoms with Crippen LogP contribution < -0.4 is 5.32 Å². The molecule has 1 heterocycles. The summed E-state index contributed by atoms with van der Waals surface area (Å²) in [5, 5.41) is 12.0. The molecule has 120 valence electrons. The number of likely N-dealkylation sites (N-methyl/N-ethyl adjacent to an activating group) is 1. The van der Waals surface area contributed by atoms with E-state index in [1.54, 1.807) is 0 Å². The number of carboxylic acids is 1. The third-order valence-electron chi connectivity index (χ3n) is 4.81. The number of hydrogen-bond donors (Lipinski definition) is 2. The lowest BCUT2D eigenvalue weighted by molar-refractivity contribution is -0.140. The molecule has 0 radical (unpaired) electrons. The van der Waals surface area contributed by atoms with Crippen LogP contribution in [0, 0.1) is 5.92 Å². The molecule has 2 fully saturated rings. The topological polar surface area (TPSA) is 72.9 Å². The first-order valence-electron chi connectivity index (χ1n) is 7.94. The first-order chi connectivity index (χ1) is 9.99. The van der Waals surface area contributed by atoms with Crippen LogP contribution in [0.25, 0.3) is 0 Å². The fourth-order valence-corrected chi connectivity index (χ4v) is 3.27. The minimum atomic E-state index is -0.782. The average Bonchev–Trinajstić information content (AvgIpc) is 2.40. The number of carbonyl (C=O) groups is 2.